The fourth-order valence-corrected chi connectivity index (χ4v) is 0.895. The zero-order chi connectivity index (χ0) is 10.6. The second-order valence-electron chi connectivity index (χ2n) is 2.45. The fraction of sp³-hybridized carbons (Fsp3) is 0.429. The zero-order valence-electron chi connectivity index (χ0n) is 6.78. The average Bonchev–Trinajstić information content (AvgIpc) is 2.55. The first kappa shape index (κ1) is 10.5. The van der Waals surface area contributed by atoms with Crippen LogP contribution in [0.25, 0.3) is 0 Å². The highest BCUT2D eigenvalue weighted by Crippen LogP contribution is 2.33. The molecule has 1 unspecified atom stereocenters. The van der Waals surface area contributed by atoms with Crippen LogP contribution in [0.1, 0.15) is 11.6 Å². The summed E-state index contributed by atoms with van der Waals surface area (Å²) in [4.78, 5) is 12.6. The molecule has 0 bridgehead atoms. The SMILES string of the molecule is O=C=NCC(c1ccon1)C(F)(F)F. The van der Waals surface area contributed by atoms with E-state index in [2.05, 4.69) is 14.7 Å². The lowest BCUT2D eigenvalue weighted by Crippen LogP contribution is -2.23. The highest BCUT2D eigenvalue weighted by molar-refractivity contribution is 5.33. The lowest BCUT2D eigenvalue weighted by atomic mass is 10.1. The average molecular weight is 206 g/mol. The summed E-state index contributed by atoms with van der Waals surface area (Å²) in [5.74, 6) is -1.91. The van der Waals surface area contributed by atoms with Crippen LogP contribution in [0.5, 0.6) is 0 Å². The molecule has 1 aromatic rings. The van der Waals surface area contributed by atoms with Crippen molar-refractivity contribution in [2.75, 3.05) is 6.54 Å². The van der Waals surface area contributed by atoms with E-state index in [1.807, 2.05) is 0 Å². The third kappa shape index (κ3) is 2.43. The maximum atomic E-state index is 12.3. The molecule has 0 aliphatic carbocycles. The summed E-state index contributed by atoms with van der Waals surface area (Å²) in [5, 5.41) is 3.15. The van der Waals surface area contributed by atoms with Gasteiger partial charge in [-0.2, -0.15) is 13.2 Å². The molecule has 0 aliphatic heterocycles. The molecule has 0 saturated heterocycles. The van der Waals surface area contributed by atoms with E-state index in [-0.39, 0.29) is 5.69 Å². The summed E-state index contributed by atoms with van der Waals surface area (Å²) in [5.41, 5.74) is -0.295. The summed E-state index contributed by atoms with van der Waals surface area (Å²) < 4.78 is 41.3. The maximum absolute atomic E-state index is 12.3. The minimum absolute atomic E-state index is 0.295. The molecule has 1 heterocycles. The number of alkyl halides is 3. The minimum Gasteiger partial charge on any atom is -0.364 e. The summed E-state index contributed by atoms with van der Waals surface area (Å²) in [6, 6.07) is 1.08. The standard InChI is InChI=1S/C7H5F3N2O2/c8-7(9,10)5(3-11-4-13)6-1-2-14-12-6/h1-2,5H,3H2. The van der Waals surface area contributed by atoms with Crippen LogP contribution in [-0.4, -0.2) is 24.0 Å². The number of nitrogens with zero attached hydrogens (tertiary/aromatic N) is 2. The first-order valence-electron chi connectivity index (χ1n) is 3.56. The highest BCUT2D eigenvalue weighted by Gasteiger charge is 2.42. The molecule has 1 atom stereocenters. The van der Waals surface area contributed by atoms with E-state index < -0.39 is 18.6 Å². The molecule has 76 valence electrons. The van der Waals surface area contributed by atoms with E-state index in [9.17, 15) is 18.0 Å². The Morgan fingerprint density at radius 1 is 1.64 bits per heavy atom. The van der Waals surface area contributed by atoms with Gasteiger partial charge in [0.2, 0.25) is 6.08 Å². The van der Waals surface area contributed by atoms with E-state index in [0.29, 0.717) is 0 Å². The molecule has 0 aliphatic rings. The van der Waals surface area contributed by atoms with Gasteiger partial charge >= 0.3 is 6.18 Å². The second kappa shape index (κ2) is 4.06. The number of isocyanates is 1. The van der Waals surface area contributed by atoms with Crippen molar-refractivity contribution in [2.45, 2.75) is 12.1 Å². The van der Waals surface area contributed by atoms with Gasteiger partial charge in [0.05, 0.1) is 12.2 Å². The number of hydrogen-bond donors (Lipinski definition) is 0. The molecule has 0 saturated carbocycles. The van der Waals surface area contributed by atoms with Crippen molar-refractivity contribution in [1.82, 2.24) is 5.16 Å². The molecule has 1 aromatic heterocycles. The molecule has 0 amide bonds. The van der Waals surface area contributed by atoms with Crippen LogP contribution >= 0.6 is 0 Å². The number of halogens is 3. The van der Waals surface area contributed by atoms with E-state index in [1.54, 1.807) is 0 Å². The van der Waals surface area contributed by atoms with Crippen LogP contribution in [0.4, 0.5) is 13.2 Å². The highest BCUT2D eigenvalue weighted by atomic mass is 19.4. The molecule has 14 heavy (non-hydrogen) atoms. The van der Waals surface area contributed by atoms with E-state index in [4.69, 9.17) is 0 Å². The predicted octanol–water partition coefficient (Wildman–Crippen LogP) is 1.66. The molecular weight excluding hydrogens is 201 g/mol. The van der Waals surface area contributed by atoms with Crippen LogP contribution in [0.3, 0.4) is 0 Å². The second-order valence-corrected chi connectivity index (χ2v) is 2.45. The topological polar surface area (TPSA) is 55.5 Å². The van der Waals surface area contributed by atoms with Crippen LogP contribution in [0, 0.1) is 0 Å². The van der Waals surface area contributed by atoms with Gasteiger partial charge in [-0.1, -0.05) is 5.16 Å². The quantitative estimate of drug-likeness (QED) is 0.558. The monoisotopic (exact) mass is 206 g/mol. The summed E-state index contributed by atoms with van der Waals surface area (Å²) >= 11 is 0. The normalized spacial score (nSPS) is 13.4. The number of rotatable bonds is 3. The van der Waals surface area contributed by atoms with Crippen molar-refractivity contribution in [3.05, 3.63) is 18.0 Å². The Morgan fingerprint density at radius 2 is 2.36 bits per heavy atom. The van der Waals surface area contributed by atoms with E-state index >= 15 is 0 Å². The Hall–Kier alpha value is -1.62. The van der Waals surface area contributed by atoms with E-state index in [0.717, 1.165) is 18.4 Å². The van der Waals surface area contributed by atoms with Crippen LogP contribution in [0.15, 0.2) is 21.8 Å². The van der Waals surface area contributed by atoms with Crippen molar-refractivity contribution in [3.8, 4) is 0 Å². The van der Waals surface area contributed by atoms with Crippen LogP contribution in [-0.2, 0) is 4.79 Å². The summed E-state index contributed by atoms with van der Waals surface area (Å²) in [6.45, 7) is -0.723. The molecular formula is C7H5F3N2O2. The molecule has 0 spiro atoms. The van der Waals surface area contributed by atoms with Gasteiger partial charge in [-0.3, -0.25) is 0 Å². The van der Waals surface area contributed by atoms with E-state index in [1.165, 1.54) is 0 Å². The van der Waals surface area contributed by atoms with Crippen molar-refractivity contribution in [1.29, 1.82) is 0 Å². The Labute approximate surface area is 76.4 Å². The van der Waals surface area contributed by atoms with Gasteiger partial charge in [0.15, 0.2) is 0 Å². The van der Waals surface area contributed by atoms with Gasteiger partial charge in [-0.25, -0.2) is 9.79 Å². The van der Waals surface area contributed by atoms with Crippen LogP contribution in [0.2, 0.25) is 0 Å². The lowest BCUT2D eigenvalue weighted by Gasteiger charge is -2.14. The van der Waals surface area contributed by atoms with Gasteiger partial charge in [-0.15, -0.1) is 0 Å². The van der Waals surface area contributed by atoms with Gasteiger partial charge in [0, 0.05) is 6.07 Å². The number of hydrogen-bond acceptors (Lipinski definition) is 4. The first-order valence-corrected chi connectivity index (χ1v) is 3.56. The van der Waals surface area contributed by atoms with Gasteiger partial charge in [0.1, 0.15) is 12.2 Å². The third-order valence-corrected chi connectivity index (χ3v) is 1.55. The first-order chi connectivity index (χ1) is 6.55. The largest absolute Gasteiger partial charge is 0.399 e. The summed E-state index contributed by atoms with van der Waals surface area (Å²) in [7, 11) is 0. The predicted molar refractivity (Wildman–Crippen MR) is 38.3 cm³/mol. The Balaban J connectivity index is 2.88. The molecule has 0 fully saturated rings. The van der Waals surface area contributed by atoms with Crippen molar-refractivity contribution in [3.63, 3.8) is 0 Å². The number of aromatic nitrogens is 1. The minimum atomic E-state index is -4.50. The third-order valence-electron chi connectivity index (χ3n) is 1.55. The molecule has 7 heteroatoms. The van der Waals surface area contributed by atoms with Gasteiger partial charge < -0.3 is 4.52 Å². The number of aliphatic imine (C=N–C) groups is 1. The summed E-state index contributed by atoms with van der Waals surface area (Å²) in [6.07, 6.45) is -2.43. The Morgan fingerprint density at radius 3 is 2.79 bits per heavy atom. The maximum Gasteiger partial charge on any atom is 0.399 e. The smallest absolute Gasteiger partial charge is 0.364 e. The molecule has 0 aromatic carbocycles. The van der Waals surface area contributed by atoms with Crippen LogP contribution < -0.4 is 0 Å². The number of carbonyl (C=O) groups excluding carboxylic acids is 1. The molecule has 0 radical (unpaired) electrons. The van der Waals surface area contributed by atoms with Crippen molar-refractivity contribution >= 4 is 6.08 Å². The fourth-order valence-electron chi connectivity index (χ4n) is 0.895. The molecule has 1 rings (SSSR count). The molecule has 0 N–H and O–H groups in total. The Kier molecular flexibility index (Phi) is 3.03. The van der Waals surface area contributed by atoms with Crippen molar-refractivity contribution in [2.24, 2.45) is 4.99 Å². The zero-order valence-corrected chi connectivity index (χ0v) is 6.78. The lowest BCUT2D eigenvalue weighted by molar-refractivity contribution is -0.149. The van der Waals surface area contributed by atoms with Gasteiger partial charge in [0.25, 0.3) is 0 Å². The van der Waals surface area contributed by atoms with Gasteiger partial charge in [-0.05, 0) is 0 Å². The van der Waals surface area contributed by atoms with Crippen molar-refractivity contribution < 1.29 is 22.5 Å². The Bertz CT molecular complexity index is 327. The molecule has 4 nitrogen and oxygen atoms in total.